The van der Waals surface area contributed by atoms with Gasteiger partial charge in [0.15, 0.2) is 4.96 Å². The third-order valence-corrected chi connectivity index (χ3v) is 6.49. The number of carbonyl (C=O) groups is 1. The van der Waals surface area contributed by atoms with Gasteiger partial charge in [-0.25, -0.2) is 4.98 Å². The van der Waals surface area contributed by atoms with Crippen LogP contribution >= 0.6 is 11.3 Å². The number of amides is 1. The van der Waals surface area contributed by atoms with E-state index in [0.717, 1.165) is 29.5 Å². The molecule has 1 aliphatic heterocycles. The van der Waals surface area contributed by atoms with Crippen molar-refractivity contribution in [2.24, 2.45) is 5.92 Å². The van der Waals surface area contributed by atoms with E-state index in [0.29, 0.717) is 5.69 Å². The molecule has 1 aliphatic carbocycles. The summed E-state index contributed by atoms with van der Waals surface area (Å²) in [6.07, 6.45) is 11.2. The van der Waals surface area contributed by atoms with Crippen LogP contribution in [0.1, 0.15) is 61.1 Å². The molecule has 1 amide bonds. The molecule has 0 aromatic carbocycles. The minimum Gasteiger partial charge on any atom is -0.347 e. The molecule has 3 heterocycles. The Morgan fingerprint density at radius 1 is 1.28 bits per heavy atom. The van der Waals surface area contributed by atoms with Gasteiger partial charge in [-0.1, -0.05) is 19.3 Å². The van der Waals surface area contributed by atoms with E-state index in [1.807, 2.05) is 22.9 Å². The van der Waals surface area contributed by atoms with Gasteiger partial charge in [0.1, 0.15) is 5.69 Å². The van der Waals surface area contributed by atoms with Crippen LogP contribution in [0.3, 0.4) is 0 Å². The molecule has 5 nitrogen and oxygen atoms in total. The molecule has 1 N–H and O–H groups in total. The summed E-state index contributed by atoms with van der Waals surface area (Å²) in [5.74, 6) is 0.888. The molecule has 136 valence electrons. The maximum atomic E-state index is 12.8. The number of fused-ring (bicyclic) bond motifs is 1. The summed E-state index contributed by atoms with van der Waals surface area (Å²) < 4.78 is 1.91. The first kappa shape index (κ1) is 17.0. The summed E-state index contributed by atoms with van der Waals surface area (Å²) in [7, 11) is 0. The maximum Gasteiger partial charge on any atom is 0.270 e. The van der Waals surface area contributed by atoms with E-state index < -0.39 is 0 Å². The smallest absolute Gasteiger partial charge is 0.270 e. The molecule has 0 spiro atoms. The summed E-state index contributed by atoms with van der Waals surface area (Å²) in [5, 5.41) is 5.25. The quantitative estimate of drug-likeness (QED) is 0.908. The molecule has 1 saturated heterocycles. The highest BCUT2D eigenvalue weighted by Gasteiger charge is 2.26. The Balaban J connectivity index is 1.37. The van der Waals surface area contributed by atoms with Crippen LogP contribution in [0, 0.1) is 12.8 Å². The molecular weight excluding hydrogens is 332 g/mol. The van der Waals surface area contributed by atoms with Crippen molar-refractivity contribution in [1.29, 1.82) is 0 Å². The zero-order chi connectivity index (χ0) is 17.2. The van der Waals surface area contributed by atoms with Crippen LogP contribution in [0.2, 0.25) is 0 Å². The van der Waals surface area contributed by atoms with Crippen LogP contribution in [0.4, 0.5) is 0 Å². The Morgan fingerprint density at radius 3 is 2.96 bits per heavy atom. The van der Waals surface area contributed by atoms with E-state index in [9.17, 15) is 4.79 Å². The maximum absolute atomic E-state index is 12.8. The number of imidazole rings is 1. The van der Waals surface area contributed by atoms with E-state index in [2.05, 4.69) is 15.2 Å². The summed E-state index contributed by atoms with van der Waals surface area (Å²) in [6.45, 7) is 5.31. The van der Waals surface area contributed by atoms with E-state index in [-0.39, 0.29) is 11.9 Å². The predicted molar refractivity (Wildman–Crippen MR) is 101 cm³/mol. The second kappa shape index (κ2) is 7.46. The summed E-state index contributed by atoms with van der Waals surface area (Å²) in [5.41, 5.74) is 1.51. The van der Waals surface area contributed by atoms with Crippen molar-refractivity contribution in [3.05, 3.63) is 23.0 Å². The van der Waals surface area contributed by atoms with Gasteiger partial charge in [0.05, 0.1) is 5.69 Å². The largest absolute Gasteiger partial charge is 0.347 e. The van der Waals surface area contributed by atoms with Gasteiger partial charge in [-0.15, -0.1) is 11.3 Å². The highest BCUT2D eigenvalue weighted by Crippen LogP contribution is 2.25. The lowest BCUT2D eigenvalue weighted by Gasteiger charge is -2.36. The topological polar surface area (TPSA) is 49.6 Å². The minimum atomic E-state index is 0.0212. The number of likely N-dealkylation sites (tertiary alicyclic amines) is 1. The number of hydrogen-bond acceptors (Lipinski definition) is 4. The third-order valence-electron chi connectivity index (χ3n) is 5.73. The van der Waals surface area contributed by atoms with Crippen molar-refractivity contribution in [2.45, 2.75) is 57.9 Å². The van der Waals surface area contributed by atoms with Gasteiger partial charge in [-0.2, -0.15) is 0 Å². The molecule has 1 unspecified atom stereocenters. The zero-order valence-corrected chi connectivity index (χ0v) is 15.9. The monoisotopic (exact) mass is 360 g/mol. The average Bonchev–Trinajstić information content (AvgIpc) is 3.15. The SMILES string of the molecule is Cc1nc2sccn2c1C(=O)NC1CCCN(CC2CCCCC2)C1. The first-order valence-electron chi connectivity index (χ1n) is 9.66. The number of thiazole rings is 1. The second-order valence-electron chi connectivity index (χ2n) is 7.68. The number of hydrogen-bond donors (Lipinski definition) is 1. The van der Waals surface area contributed by atoms with Crippen molar-refractivity contribution in [3.8, 4) is 0 Å². The zero-order valence-electron chi connectivity index (χ0n) is 15.0. The number of nitrogens with zero attached hydrogens (tertiary/aromatic N) is 3. The van der Waals surface area contributed by atoms with Gasteiger partial charge in [0.2, 0.25) is 0 Å². The molecular formula is C19H28N4OS. The average molecular weight is 361 g/mol. The van der Waals surface area contributed by atoms with Crippen molar-refractivity contribution in [1.82, 2.24) is 19.6 Å². The molecule has 2 aliphatic rings. The fourth-order valence-corrected chi connectivity index (χ4v) is 5.25. The summed E-state index contributed by atoms with van der Waals surface area (Å²) in [4.78, 5) is 20.8. The van der Waals surface area contributed by atoms with E-state index in [1.165, 1.54) is 51.6 Å². The molecule has 6 heteroatoms. The molecule has 0 radical (unpaired) electrons. The predicted octanol–water partition coefficient (Wildman–Crippen LogP) is 3.48. The van der Waals surface area contributed by atoms with Crippen molar-refractivity contribution in [3.63, 3.8) is 0 Å². The van der Waals surface area contributed by atoms with Gasteiger partial charge < -0.3 is 10.2 Å². The van der Waals surface area contributed by atoms with Gasteiger partial charge in [-0.3, -0.25) is 9.20 Å². The molecule has 4 rings (SSSR count). The molecule has 0 bridgehead atoms. The number of nitrogens with one attached hydrogen (secondary N) is 1. The number of piperidine rings is 1. The Kier molecular flexibility index (Phi) is 5.08. The second-order valence-corrected chi connectivity index (χ2v) is 8.55. The van der Waals surface area contributed by atoms with Crippen LogP contribution < -0.4 is 5.32 Å². The molecule has 2 aromatic heterocycles. The Hall–Kier alpha value is -1.40. The summed E-state index contributed by atoms with van der Waals surface area (Å²) >= 11 is 1.57. The Morgan fingerprint density at radius 2 is 2.12 bits per heavy atom. The third kappa shape index (κ3) is 3.75. The van der Waals surface area contributed by atoms with Crippen LogP contribution in [-0.4, -0.2) is 45.9 Å². The Bertz CT molecular complexity index is 731. The highest BCUT2D eigenvalue weighted by atomic mass is 32.1. The highest BCUT2D eigenvalue weighted by molar-refractivity contribution is 7.15. The van der Waals surface area contributed by atoms with Crippen LogP contribution in [0.15, 0.2) is 11.6 Å². The van der Waals surface area contributed by atoms with Crippen molar-refractivity contribution >= 4 is 22.2 Å². The number of aromatic nitrogens is 2. The molecule has 2 aromatic rings. The Labute approximate surface area is 153 Å². The normalized spacial score (nSPS) is 23.2. The number of rotatable bonds is 4. The molecule has 2 fully saturated rings. The van der Waals surface area contributed by atoms with Crippen molar-refractivity contribution < 1.29 is 4.79 Å². The first-order chi connectivity index (χ1) is 12.2. The first-order valence-corrected chi connectivity index (χ1v) is 10.5. The van der Waals surface area contributed by atoms with Crippen molar-refractivity contribution in [2.75, 3.05) is 19.6 Å². The lowest BCUT2D eigenvalue weighted by molar-refractivity contribution is 0.0883. The van der Waals surface area contributed by atoms with Gasteiger partial charge >= 0.3 is 0 Å². The van der Waals surface area contributed by atoms with Crippen LogP contribution in [-0.2, 0) is 0 Å². The fourth-order valence-electron chi connectivity index (χ4n) is 4.50. The van der Waals surface area contributed by atoms with E-state index in [1.54, 1.807) is 11.3 Å². The number of aryl methyl sites for hydroxylation is 1. The minimum absolute atomic E-state index is 0.0212. The van der Waals surface area contributed by atoms with E-state index in [4.69, 9.17) is 0 Å². The fraction of sp³-hybridized carbons (Fsp3) is 0.684. The lowest BCUT2D eigenvalue weighted by Crippen LogP contribution is -2.49. The van der Waals surface area contributed by atoms with Crippen LogP contribution in [0.5, 0.6) is 0 Å². The standard InChI is InChI=1S/C19H28N4OS/c1-14-17(23-10-11-25-19(23)20-14)18(24)21-16-8-5-9-22(13-16)12-15-6-3-2-4-7-15/h10-11,15-16H,2-9,12-13H2,1H3,(H,21,24). The van der Waals surface area contributed by atoms with Crippen LogP contribution in [0.25, 0.3) is 4.96 Å². The van der Waals surface area contributed by atoms with Gasteiger partial charge in [0, 0.05) is 30.7 Å². The molecule has 25 heavy (non-hydrogen) atoms. The summed E-state index contributed by atoms with van der Waals surface area (Å²) in [6, 6.07) is 0.258. The van der Waals surface area contributed by atoms with E-state index >= 15 is 0 Å². The lowest BCUT2D eigenvalue weighted by atomic mass is 9.88. The molecule has 1 saturated carbocycles. The number of carbonyl (C=O) groups excluding carboxylic acids is 1. The van der Waals surface area contributed by atoms with Gasteiger partial charge in [-0.05, 0) is 45.1 Å². The van der Waals surface area contributed by atoms with Gasteiger partial charge in [0.25, 0.3) is 5.91 Å². The molecule has 1 atom stereocenters.